The number of rotatable bonds is 3. The third kappa shape index (κ3) is 2.30. The van der Waals surface area contributed by atoms with Gasteiger partial charge in [0.2, 0.25) is 0 Å². The monoisotopic (exact) mass is 322 g/mol. The summed E-state index contributed by atoms with van der Waals surface area (Å²) in [6.07, 6.45) is 1.29. The van der Waals surface area contributed by atoms with Gasteiger partial charge in [-0.3, -0.25) is 4.79 Å². The van der Waals surface area contributed by atoms with Gasteiger partial charge in [0, 0.05) is 13.5 Å². The van der Waals surface area contributed by atoms with Crippen LogP contribution in [0, 0.1) is 5.92 Å². The molecule has 1 atom stereocenters. The molecular formula is C18H18N4O2. The van der Waals surface area contributed by atoms with E-state index in [-0.39, 0.29) is 11.7 Å². The zero-order valence-electron chi connectivity index (χ0n) is 13.7. The highest BCUT2D eigenvalue weighted by molar-refractivity contribution is 5.96. The number of carbonyl (C=O) groups is 1. The van der Waals surface area contributed by atoms with Crippen molar-refractivity contribution in [2.45, 2.75) is 26.4 Å². The fourth-order valence-electron chi connectivity index (χ4n) is 3.34. The Hall–Kier alpha value is -2.60. The van der Waals surface area contributed by atoms with Crippen LogP contribution in [0.1, 0.15) is 35.2 Å². The zero-order chi connectivity index (χ0) is 16.7. The summed E-state index contributed by atoms with van der Waals surface area (Å²) in [5, 5.41) is 13.2. The maximum absolute atomic E-state index is 12.3. The number of hydrogen-bond donors (Lipinski definition) is 0. The number of ether oxygens (including phenoxy) is 1. The molecule has 122 valence electrons. The van der Waals surface area contributed by atoms with Crippen LogP contribution in [0.5, 0.6) is 0 Å². The Kier molecular flexibility index (Phi) is 3.61. The fraction of sp³-hybridized carbons (Fsp3) is 0.333. The summed E-state index contributed by atoms with van der Waals surface area (Å²) in [4.78, 5) is 12.3. The van der Waals surface area contributed by atoms with Crippen molar-refractivity contribution in [2.75, 3.05) is 7.11 Å². The standard InChI is InChI=1S/C18H18N4O2/c1-11-8-14-17(15(23)9-11)19-20-18-16(12-6-4-3-5-7-12)13(10-24-2)21-22(14)18/h3-7,11H,8-10H2,1-2H3/t11-/m0/s1. The Morgan fingerprint density at radius 3 is 2.75 bits per heavy atom. The van der Waals surface area contributed by atoms with Crippen molar-refractivity contribution >= 4 is 11.4 Å². The first kappa shape index (κ1) is 15.0. The minimum absolute atomic E-state index is 0.0446. The number of methoxy groups -OCH3 is 1. The van der Waals surface area contributed by atoms with Gasteiger partial charge in [-0.2, -0.15) is 5.10 Å². The van der Waals surface area contributed by atoms with Gasteiger partial charge in [0.05, 0.1) is 23.6 Å². The normalized spacial score (nSPS) is 17.2. The predicted octanol–water partition coefficient (Wildman–Crippen LogP) is 2.70. The Balaban J connectivity index is 2.01. The lowest BCUT2D eigenvalue weighted by Crippen LogP contribution is -2.23. The van der Waals surface area contributed by atoms with Crippen LogP contribution in [0.2, 0.25) is 0 Å². The van der Waals surface area contributed by atoms with Crippen LogP contribution in [0.4, 0.5) is 0 Å². The van der Waals surface area contributed by atoms with Gasteiger partial charge in [-0.15, -0.1) is 10.2 Å². The minimum atomic E-state index is 0.0446. The van der Waals surface area contributed by atoms with Crippen LogP contribution in [0.15, 0.2) is 30.3 Å². The fourth-order valence-corrected chi connectivity index (χ4v) is 3.34. The molecule has 0 unspecified atom stereocenters. The van der Waals surface area contributed by atoms with Crippen LogP contribution in [0.3, 0.4) is 0 Å². The van der Waals surface area contributed by atoms with E-state index in [0.717, 1.165) is 28.9 Å². The average Bonchev–Trinajstić information content (AvgIpc) is 2.94. The molecule has 6 nitrogen and oxygen atoms in total. The van der Waals surface area contributed by atoms with E-state index in [0.29, 0.717) is 24.4 Å². The summed E-state index contributed by atoms with van der Waals surface area (Å²) in [7, 11) is 1.64. The van der Waals surface area contributed by atoms with Crippen molar-refractivity contribution < 1.29 is 9.53 Å². The van der Waals surface area contributed by atoms with E-state index in [1.54, 1.807) is 11.6 Å². The number of carbonyl (C=O) groups excluding carboxylic acids is 1. The molecule has 1 aliphatic rings. The molecule has 4 rings (SSSR count). The molecule has 0 radical (unpaired) electrons. The molecule has 0 fully saturated rings. The molecule has 6 heteroatoms. The second-order valence-corrected chi connectivity index (χ2v) is 6.29. The highest BCUT2D eigenvalue weighted by atomic mass is 16.5. The molecule has 3 aromatic rings. The largest absolute Gasteiger partial charge is 0.378 e. The Bertz CT molecular complexity index is 918. The number of Topliss-reactive ketones (excluding diaryl/α,β-unsaturated/α-hetero) is 1. The van der Waals surface area contributed by atoms with Crippen molar-refractivity contribution in [1.29, 1.82) is 0 Å². The van der Waals surface area contributed by atoms with Gasteiger partial charge >= 0.3 is 0 Å². The van der Waals surface area contributed by atoms with E-state index < -0.39 is 0 Å². The Morgan fingerprint density at radius 1 is 1.21 bits per heavy atom. The second-order valence-electron chi connectivity index (χ2n) is 6.29. The highest BCUT2D eigenvalue weighted by Crippen LogP contribution is 2.31. The van der Waals surface area contributed by atoms with Crippen LogP contribution in [-0.4, -0.2) is 32.7 Å². The van der Waals surface area contributed by atoms with Crippen LogP contribution in [-0.2, 0) is 17.8 Å². The van der Waals surface area contributed by atoms with Crippen molar-refractivity contribution in [3.05, 3.63) is 47.4 Å². The lowest BCUT2D eigenvalue weighted by molar-refractivity contribution is 0.0944. The molecule has 0 spiro atoms. The molecule has 1 aromatic carbocycles. The molecule has 0 saturated carbocycles. The zero-order valence-corrected chi connectivity index (χ0v) is 13.7. The molecule has 0 amide bonds. The summed E-state index contributed by atoms with van der Waals surface area (Å²) in [5.41, 5.74) is 4.71. The molecule has 1 aliphatic carbocycles. The Labute approximate surface area is 139 Å². The van der Waals surface area contributed by atoms with Gasteiger partial charge in [0.1, 0.15) is 0 Å². The van der Waals surface area contributed by atoms with Gasteiger partial charge in [0.25, 0.3) is 0 Å². The molecule has 2 heterocycles. The number of ketones is 1. The van der Waals surface area contributed by atoms with E-state index in [4.69, 9.17) is 9.84 Å². The molecular weight excluding hydrogens is 304 g/mol. The summed E-state index contributed by atoms with van der Waals surface area (Å²) in [5.74, 6) is 0.329. The first-order valence-corrected chi connectivity index (χ1v) is 8.03. The van der Waals surface area contributed by atoms with Crippen LogP contribution < -0.4 is 0 Å². The van der Waals surface area contributed by atoms with E-state index >= 15 is 0 Å². The lowest BCUT2D eigenvalue weighted by atomic mass is 9.90. The van der Waals surface area contributed by atoms with Crippen LogP contribution >= 0.6 is 0 Å². The first-order valence-electron chi connectivity index (χ1n) is 8.03. The number of hydrogen-bond acceptors (Lipinski definition) is 5. The van der Waals surface area contributed by atoms with Gasteiger partial charge in [0.15, 0.2) is 17.1 Å². The highest BCUT2D eigenvalue weighted by Gasteiger charge is 2.29. The second kappa shape index (κ2) is 5.79. The van der Waals surface area contributed by atoms with Crippen molar-refractivity contribution in [3.8, 4) is 11.1 Å². The van der Waals surface area contributed by atoms with E-state index in [1.807, 2.05) is 30.3 Å². The summed E-state index contributed by atoms with van der Waals surface area (Å²) in [6.45, 7) is 2.45. The maximum Gasteiger partial charge on any atom is 0.185 e. The lowest BCUT2D eigenvalue weighted by Gasteiger charge is -2.19. The smallest absolute Gasteiger partial charge is 0.185 e. The van der Waals surface area contributed by atoms with E-state index in [1.165, 1.54) is 0 Å². The Morgan fingerprint density at radius 2 is 2.00 bits per heavy atom. The van der Waals surface area contributed by atoms with Gasteiger partial charge < -0.3 is 4.74 Å². The molecule has 0 aliphatic heterocycles. The van der Waals surface area contributed by atoms with Gasteiger partial charge in [-0.1, -0.05) is 37.3 Å². The maximum atomic E-state index is 12.3. The summed E-state index contributed by atoms with van der Waals surface area (Å²) in [6, 6.07) is 9.97. The van der Waals surface area contributed by atoms with Gasteiger partial charge in [-0.05, 0) is 17.9 Å². The number of fused-ring (bicyclic) bond motifs is 3. The van der Waals surface area contributed by atoms with Gasteiger partial charge in [-0.25, -0.2) is 4.52 Å². The first-order chi connectivity index (χ1) is 11.7. The van der Waals surface area contributed by atoms with Crippen LogP contribution in [0.25, 0.3) is 16.8 Å². The van der Waals surface area contributed by atoms with Crippen molar-refractivity contribution in [1.82, 2.24) is 19.8 Å². The average molecular weight is 322 g/mol. The molecule has 2 aromatic heterocycles. The predicted molar refractivity (Wildman–Crippen MR) is 88.7 cm³/mol. The summed E-state index contributed by atoms with van der Waals surface area (Å²) < 4.78 is 7.10. The number of benzene rings is 1. The van der Waals surface area contributed by atoms with E-state index in [9.17, 15) is 4.79 Å². The summed E-state index contributed by atoms with van der Waals surface area (Å²) >= 11 is 0. The number of aromatic nitrogens is 4. The third-order valence-corrected chi connectivity index (χ3v) is 4.39. The molecule has 0 saturated heterocycles. The van der Waals surface area contributed by atoms with E-state index in [2.05, 4.69) is 17.1 Å². The molecule has 24 heavy (non-hydrogen) atoms. The third-order valence-electron chi connectivity index (χ3n) is 4.39. The SMILES string of the molecule is COCc1nn2c3c(nnc2c1-c1ccccc1)C(=O)C[C@@H](C)C3. The number of nitrogens with zero attached hydrogens (tertiary/aromatic N) is 4. The quantitative estimate of drug-likeness (QED) is 0.741. The minimum Gasteiger partial charge on any atom is -0.378 e. The van der Waals surface area contributed by atoms with Crippen molar-refractivity contribution in [3.63, 3.8) is 0 Å². The molecule has 0 N–H and O–H groups in total. The topological polar surface area (TPSA) is 69.4 Å². The molecule has 0 bridgehead atoms. The van der Waals surface area contributed by atoms with Crippen molar-refractivity contribution in [2.24, 2.45) is 5.92 Å².